The van der Waals surface area contributed by atoms with Gasteiger partial charge in [-0.3, -0.25) is 4.90 Å². The summed E-state index contributed by atoms with van der Waals surface area (Å²) in [5.41, 5.74) is 3.20. The maximum absolute atomic E-state index is 11.5. The van der Waals surface area contributed by atoms with Crippen molar-refractivity contribution in [2.45, 2.75) is 18.9 Å². The fourth-order valence-corrected chi connectivity index (χ4v) is 3.60. The summed E-state index contributed by atoms with van der Waals surface area (Å²) < 4.78 is 5.61. The van der Waals surface area contributed by atoms with Crippen molar-refractivity contribution in [3.63, 3.8) is 0 Å². The molecule has 1 aliphatic rings. The molecule has 26 heavy (non-hydrogen) atoms. The minimum absolute atomic E-state index is 0.239. The number of nitrogens with zero attached hydrogens (tertiary/aromatic N) is 2. The first-order valence-electron chi connectivity index (χ1n) is 8.75. The largest absolute Gasteiger partial charge is 0.478 e. The lowest BCUT2D eigenvalue weighted by Gasteiger charge is -2.16. The highest BCUT2D eigenvalue weighted by Crippen LogP contribution is 2.30. The number of likely N-dealkylation sites (tertiary alicyclic amines) is 1. The first kappa shape index (κ1) is 16.5. The predicted molar refractivity (Wildman–Crippen MR) is 98.0 cm³/mol. The van der Waals surface area contributed by atoms with E-state index < -0.39 is 5.97 Å². The number of carboxylic acid groups (broad SMARTS) is 1. The van der Waals surface area contributed by atoms with Crippen LogP contribution in [0.3, 0.4) is 0 Å². The third-order valence-corrected chi connectivity index (χ3v) is 4.86. The van der Waals surface area contributed by atoms with E-state index in [1.165, 1.54) is 0 Å². The zero-order valence-corrected chi connectivity index (χ0v) is 14.3. The average Bonchev–Trinajstić information content (AvgIpc) is 3.32. The Morgan fingerprint density at radius 3 is 2.73 bits per heavy atom. The molecule has 0 unspecified atom stereocenters. The smallest absolute Gasteiger partial charge is 0.335 e. The van der Waals surface area contributed by atoms with Gasteiger partial charge in [0.1, 0.15) is 6.26 Å². The Morgan fingerprint density at radius 1 is 1.15 bits per heavy atom. The van der Waals surface area contributed by atoms with E-state index in [0.717, 1.165) is 36.3 Å². The minimum Gasteiger partial charge on any atom is -0.478 e. The molecular weight excluding hydrogens is 328 g/mol. The van der Waals surface area contributed by atoms with Crippen LogP contribution in [0.1, 0.15) is 34.0 Å². The molecule has 0 aliphatic carbocycles. The van der Waals surface area contributed by atoms with E-state index >= 15 is 0 Å². The van der Waals surface area contributed by atoms with Gasteiger partial charge in [-0.1, -0.05) is 36.4 Å². The van der Waals surface area contributed by atoms with Gasteiger partial charge in [0.25, 0.3) is 0 Å². The second kappa shape index (κ2) is 7.14. The molecule has 0 bridgehead atoms. The molecule has 5 heteroatoms. The molecule has 2 heterocycles. The highest BCUT2D eigenvalue weighted by atomic mass is 16.4. The molecule has 1 aromatic heterocycles. The molecule has 1 aliphatic heterocycles. The maximum Gasteiger partial charge on any atom is 0.335 e. The van der Waals surface area contributed by atoms with Crippen molar-refractivity contribution in [1.29, 1.82) is 0 Å². The van der Waals surface area contributed by atoms with E-state index in [9.17, 15) is 9.90 Å². The molecule has 1 fully saturated rings. The van der Waals surface area contributed by atoms with Gasteiger partial charge >= 0.3 is 5.97 Å². The fraction of sp³-hybridized carbons (Fsp3) is 0.238. The molecule has 5 nitrogen and oxygen atoms in total. The Balaban J connectivity index is 1.44. The van der Waals surface area contributed by atoms with Crippen LogP contribution in [0.15, 0.2) is 65.3 Å². The van der Waals surface area contributed by atoms with Crippen molar-refractivity contribution in [3.05, 3.63) is 77.7 Å². The van der Waals surface area contributed by atoms with Crippen molar-refractivity contribution in [2.75, 3.05) is 13.1 Å². The third kappa shape index (κ3) is 3.39. The summed E-state index contributed by atoms with van der Waals surface area (Å²) >= 11 is 0. The highest BCUT2D eigenvalue weighted by Gasteiger charge is 2.27. The molecule has 0 saturated carbocycles. The number of benzene rings is 2. The molecule has 0 amide bonds. The number of hydrogen-bond donors (Lipinski definition) is 1. The summed E-state index contributed by atoms with van der Waals surface area (Å²) in [5.74, 6) is 0.0124. The number of aromatic nitrogens is 1. The normalized spacial score (nSPS) is 17.5. The van der Waals surface area contributed by atoms with Gasteiger partial charge in [0.2, 0.25) is 5.89 Å². The number of rotatable bonds is 5. The highest BCUT2D eigenvalue weighted by molar-refractivity contribution is 5.89. The molecule has 132 valence electrons. The van der Waals surface area contributed by atoms with Crippen LogP contribution in [0.5, 0.6) is 0 Å². The van der Waals surface area contributed by atoms with E-state index in [1.54, 1.807) is 18.4 Å². The second-order valence-corrected chi connectivity index (χ2v) is 6.62. The number of oxazole rings is 1. The molecule has 2 aromatic carbocycles. The van der Waals surface area contributed by atoms with Gasteiger partial charge in [0.05, 0.1) is 11.3 Å². The molecule has 3 aromatic rings. The Kier molecular flexibility index (Phi) is 4.54. The molecule has 1 N–H and O–H groups in total. The molecule has 0 spiro atoms. The predicted octanol–water partition coefficient (Wildman–Crippen LogP) is 4.03. The minimum atomic E-state index is -0.858. The van der Waals surface area contributed by atoms with Crippen molar-refractivity contribution < 1.29 is 14.3 Å². The zero-order valence-electron chi connectivity index (χ0n) is 14.3. The molecular formula is C21H20N2O3. The van der Waals surface area contributed by atoms with Gasteiger partial charge in [-0.05, 0) is 42.6 Å². The van der Waals surface area contributed by atoms with Crippen molar-refractivity contribution >= 4 is 5.97 Å². The molecule has 0 radical (unpaired) electrons. The van der Waals surface area contributed by atoms with Crippen molar-refractivity contribution in [1.82, 2.24) is 9.88 Å². The fourth-order valence-electron chi connectivity index (χ4n) is 3.60. The lowest BCUT2D eigenvalue weighted by Crippen LogP contribution is -2.20. The van der Waals surface area contributed by atoms with E-state index in [-0.39, 0.29) is 5.92 Å². The first-order chi connectivity index (χ1) is 12.7. The second-order valence-electron chi connectivity index (χ2n) is 6.62. The van der Waals surface area contributed by atoms with Crippen LogP contribution in [-0.2, 0) is 6.54 Å². The lowest BCUT2D eigenvalue weighted by atomic mass is 9.93. The molecule has 1 saturated heterocycles. The maximum atomic E-state index is 11.5. The standard InChI is InChI=1S/C21H20N2O3/c24-21(25)19-9-5-4-8-18(19)16-10-11-23(12-16)13-17-14-26-20(22-17)15-6-2-1-3-7-15/h1-9,14,16H,10-13H2,(H,24,25)/t16-/m1/s1. The number of carboxylic acids is 1. The van der Waals surface area contributed by atoms with Crippen LogP contribution in [0.25, 0.3) is 11.5 Å². The third-order valence-electron chi connectivity index (χ3n) is 4.86. The van der Waals surface area contributed by atoms with E-state index in [0.29, 0.717) is 18.0 Å². The van der Waals surface area contributed by atoms with Gasteiger partial charge < -0.3 is 9.52 Å². The van der Waals surface area contributed by atoms with Gasteiger partial charge in [-0.15, -0.1) is 0 Å². The van der Waals surface area contributed by atoms with Crippen molar-refractivity contribution in [2.24, 2.45) is 0 Å². The summed E-state index contributed by atoms with van der Waals surface area (Å²) in [5, 5.41) is 9.40. The first-order valence-corrected chi connectivity index (χ1v) is 8.75. The van der Waals surface area contributed by atoms with Crippen LogP contribution >= 0.6 is 0 Å². The van der Waals surface area contributed by atoms with Crippen molar-refractivity contribution in [3.8, 4) is 11.5 Å². The molecule has 1 atom stereocenters. The molecule has 4 rings (SSSR count). The van der Waals surface area contributed by atoms with Crippen LogP contribution in [0.4, 0.5) is 0 Å². The summed E-state index contributed by atoms with van der Waals surface area (Å²) in [6, 6.07) is 17.1. The Labute approximate surface area is 151 Å². The van der Waals surface area contributed by atoms with E-state index in [4.69, 9.17) is 4.42 Å². The Bertz CT molecular complexity index is 904. The summed E-state index contributed by atoms with van der Waals surface area (Å²) in [6.07, 6.45) is 2.66. The average molecular weight is 348 g/mol. The number of hydrogen-bond acceptors (Lipinski definition) is 4. The Hall–Kier alpha value is -2.92. The van der Waals surface area contributed by atoms with Crippen LogP contribution in [0.2, 0.25) is 0 Å². The SMILES string of the molecule is O=C(O)c1ccccc1[C@@H]1CCN(Cc2coc(-c3ccccc3)n2)C1. The zero-order chi connectivity index (χ0) is 17.9. The van der Waals surface area contributed by atoms with Gasteiger partial charge in [0, 0.05) is 18.7 Å². The summed E-state index contributed by atoms with van der Waals surface area (Å²) in [6.45, 7) is 2.46. The van der Waals surface area contributed by atoms with Crippen LogP contribution in [-0.4, -0.2) is 34.0 Å². The van der Waals surface area contributed by atoms with Gasteiger partial charge in [-0.25, -0.2) is 9.78 Å². The summed E-state index contributed by atoms with van der Waals surface area (Å²) in [7, 11) is 0. The van der Waals surface area contributed by atoms with Gasteiger partial charge in [-0.2, -0.15) is 0 Å². The monoisotopic (exact) mass is 348 g/mol. The number of aromatic carboxylic acids is 1. The topological polar surface area (TPSA) is 66.6 Å². The Morgan fingerprint density at radius 2 is 1.92 bits per heavy atom. The van der Waals surface area contributed by atoms with Crippen LogP contribution in [0, 0.1) is 0 Å². The van der Waals surface area contributed by atoms with E-state index in [2.05, 4.69) is 9.88 Å². The number of carbonyl (C=O) groups is 1. The van der Waals surface area contributed by atoms with Gasteiger partial charge in [0.15, 0.2) is 0 Å². The van der Waals surface area contributed by atoms with Crippen LogP contribution < -0.4 is 0 Å². The van der Waals surface area contributed by atoms with E-state index in [1.807, 2.05) is 42.5 Å². The lowest BCUT2D eigenvalue weighted by molar-refractivity contribution is 0.0695. The summed E-state index contributed by atoms with van der Waals surface area (Å²) in [4.78, 5) is 18.3. The quantitative estimate of drug-likeness (QED) is 0.754.